The van der Waals surface area contributed by atoms with Gasteiger partial charge in [0.15, 0.2) is 6.61 Å². The molecular formula is C29H41N5O7. The molecule has 2 fully saturated rings. The van der Waals surface area contributed by atoms with Gasteiger partial charge < -0.3 is 35.6 Å². The molecule has 1 aromatic carbocycles. The number of rotatable bonds is 2. The zero-order chi connectivity index (χ0) is 29.7. The average molecular weight is 572 g/mol. The number of fused-ring (bicyclic) bond motifs is 13. The summed E-state index contributed by atoms with van der Waals surface area (Å²) in [6.07, 6.45) is 1.73. The number of aliphatic hydroxyl groups is 1. The van der Waals surface area contributed by atoms with E-state index in [0.717, 1.165) is 5.56 Å². The number of nitrogens with zero attached hydrogens (tertiary/aromatic N) is 2. The highest BCUT2D eigenvalue weighted by atomic mass is 16.5. The third-order valence-electron chi connectivity index (χ3n) is 7.96. The zero-order valence-corrected chi connectivity index (χ0v) is 23.9. The van der Waals surface area contributed by atoms with Gasteiger partial charge in [-0.3, -0.25) is 24.0 Å². The lowest BCUT2D eigenvalue weighted by Crippen LogP contribution is -2.58. The van der Waals surface area contributed by atoms with Crippen molar-refractivity contribution in [3.8, 4) is 5.75 Å². The van der Waals surface area contributed by atoms with E-state index < -0.39 is 48.0 Å². The molecule has 4 aliphatic heterocycles. The van der Waals surface area contributed by atoms with E-state index >= 15 is 0 Å². The minimum atomic E-state index is -0.961. The molecule has 0 unspecified atom stereocenters. The fourth-order valence-electron chi connectivity index (χ4n) is 5.50. The number of aliphatic hydroxyl groups excluding tert-OH is 1. The molecule has 4 atom stereocenters. The molecule has 5 amide bonds. The number of piperidine rings is 1. The molecule has 0 aromatic heterocycles. The topological polar surface area (TPSA) is 157 Å². The summed E-state index contributed by atoms with van der Waals surface area (Å²) < 4.78 is 5.64. The summed E-state index contributed by atoms with van der Waals surface area (Å²) in [5, 5.41) is 18.2. The number of hydrogen-bond acceptors (Lipinski definition) is 7. The highest BCUT2D eigenvalue weighted by Crippen LogP contribution is 2.21. The molecule has 0 spiro atoms. The molecule has 41 heavy (non-hydrogen) atoms. The minimum Gasteiger partial charge on any atom is -0.484 e. The summed E-state index contributed by atoms with van der Waals surface area (Å²) in [6.45, 7) is 6.01. The van der Waals surface area contributed by atoms with E-state index in [9.17, 15) is 29.1 Å². The van der Waals surface area contributed by atoms with Crippen LogP contribution in [0.25, 0.3) is 0 Å². The van der Waals surface area contributed by atoms with Crippen LogP contribution in [0.15, 0.2) is 24.3 Å². The molecule has 0 aliphatic carbocycles. The summed E-state index contributed by atoms with van der Waals surface area (Å²) in [5.74, 6) is -1.85. The second-order valence-electron chi connectivity index (χ2n) is 11.5. The Hall–Kier alpha value is -3.67. The van der Waals surface area contributed by atoms with E-state index in [-0.39, 0.29) is 30.8 Å². The Labute approximate surface area is 240 Å². The van der Waals surface area contributed by atoms with Gasteiger partial charge in [-0.15, -0.1) is 0 Å². The molecule has 2 saturated heterocycles. The fraction of sp³-hybridized carbons (Fsp3) is 0.621. The predicted molar refractivity (Wildman–Crippen MR) is 149 cm³/mol. The lowest BCUT2D eigenvalue weighted by atomic mass is 10.0. The highest BCUT2D eigenvalue weighted by Gasteiger charge is 2.39. The summed E-state index contributed by atoms with van der Waals surface area (Å²) in [4.78, 5) is 69.3. The number of carbonyl (C=O) groups is 5. The number of hydrogen-bond donors (Lipinski definition) is 4. The molecule has 2 bridgehead atoms. The molecule has 12 nitrogen and oxygen atoms in total. The van der Waals surface area contributed by atoms with Gasteiger partial charge in [0, 0.05) is 26.1 Å². The van der Waals surface area contributed by atoms with Crippen LogP contribution in [0.3, 0.4) is 0 Å². The van der Waals surface area contributed by atoms with E-state index in [4.69, 9.17) is 4.74 Å². The van der Waals surface area contributed by atoms with Crippen molar-refractivity contribution in [3.63, 3.8) is 0 Å². The lowest BCUT2D eigenvalue weighted by Gasteiger charge is -2.33. The van der Waals surface area contributed by atoms with Crippen LogP contribution in [0.5, 0.6) is 5.75 Å². The zero-order valence-electron chi connectivity index (χ0n) is 23.9. The van der Waals surface area contributed by atoms with Gasteiger partial charge in [-0.25, -0.2) is 0 Å². The number of carbonyl (C=O) groups excluding carboxylic acids is 5. The van der Waals surface area contributed by atoms with Crippen LogP contribution in [0.4, 0.5) is 0 Å². The van der Waals surface area contributed by atoms with Gasteiger partial charge in [-0.2, -0.15) is 0 Å². The first-order valence-electron chi connectivity index (χ1n) is 14.4. The first kappa shape index (κ1) is 30.3. The van der Waals surface area contributed by atoms with Gasteiger partial charge >= 0.3 is 0 Å². The molecule has 5 rings (SSSR count). The molecule has 1 aromatic rings. The van der Waals surface area contributed by atoms with Crippen LogP contribution in [0.1, 0.15) is 52.0 Å². The first-order valence-corrected chi connectivity index (χ1v) is 14.4. The molecule has 12 heteroatoms. The smallest absolute Gasteiger partial charge is 0.258 e. The average Bonchev–Trinajstić information content (AvgIpc) is 3.44. The lowest BCUT2D eigenvalue weighted by molar-refractivity contribution is -0.143. The van der Waals surface area contributed by atoms with Gasteiger partial charge in [-0.05, 0) is 56.2 Å². The Kier molecular flexibility index (Phi) is 9.85. The monoisotopic (exact) mass is 571 g/mol. The summed E-state index contributed by atoms with van der Waals surface area (Å²) in [6, 6.07) is 3.40. The first-order chi connectivity index (χ1) is 19.5. The van der Waals surface area contributed by atoms with E-state index in [1.54, 1.807) is 36.1 Å². The van der Waals surface area contributed by atoms with Gasteiger partial charge in [0.1, 0.15) is 29.9 Å². The van der Waals surface area contributed by atoms with Crippen LogP contribution in [-0.2, 0) is 30.4 Å². The molecular weight excluding hydrogens is 530 g/mol. The van der Waals surface area contributed by atoms with Crippen LogP contribution < -0.4 is 20.7 Å². The Bertz CT molecular complexity index is 1130. The number of benzene rings is 1. The van der Waals surface area contributed by atoms with Crippen molar-refractivity contribution < 1.29 is 33.8 Å². The van der Waals surface area contributed by atoms with Gasteiger partial charge in [0.25, 0.3) is 5.91 Å². The second-order valence-corrected chi connectivity index (χ2v) is 11.5. The second kappa shape index (κ2) is 13.3. The van der Waals surface area contributed by atoms with Crippen molar-refractivity contribution in [3.05, 3.63) is 29.8 Å². The fourth-order valence-corrected chi connectivity index (χ4v) is 5.50. The Balaban J connectivity index is 1.59. The van der Waals surface area contributed by atoms with E-state index in [1.807, 2.05) is 13.8 Å². The van der Waals surface area contributed by atoms with Gasteiger partial charge in [0.05, 0.1) is 6.10 Å². The number of likely N-dealkylation sites (tertiary alicyclic amines) is 1. The van der Waals surface area contributed by atoms with E-state index in [0.29, 0.717) is 51.1 Å². The number of nitrogens with one attached hydrogen (secondary N) is 3. The van der Waals surface area contributed by atoms with Crippen LogP contribution in [0.2, 0.25) is 0 Å². The largest absolute Gasteiger partial charge is 0.484 e. The Morgan fingerprint density at radius 3 is 2.29 bits per heavy atom. The maximum atomic E-state index is 13.5. The number of amides is 5. The molecule has 0 saturated carbocycles. The number of ether oxygens (including phenoxy) is 1. The summed E-state index contributed by atoms with van der Waals surface area (Å²) in [7, 11) is 0. The maximum absolute atomic E-state index is 13.5. The van der Waals surface area contributed by atoms with Crippen LogP contribution in [0, 0.1) is 5.92 Å². The Morgan fingerprint density at radius 2 is 1.63 bits per heavy atom. The predicted octanol–water partition coefficient (Wildman–Crippen LogP) is -0.274. The molecule has 0 radical (unpaired) electrons. The standard InChI is InChI=1S/C29H41N5O7/c1-17(2)25-29(40)34-12-4-5-23(34)27(38)30-18(3)26(37)31-22(28(39)33-13-10-20(35)11-14-33)15-19-6-8-21(9-7-19)41-16-24(36)32-25/h6-9,17-18,20,22-23,25,35H,4-5,10-16H2,1-3H3,(H,30,38)(H,31,37)(H,32,36)/t18-,22-,23+,25-/m0/s1. The van der Waals surface area contributed by atoms with Crippen molar-refractivity contribution in [2.24, 2.45) is 5.92 Å². The SMILES string of the molecule is CC(C)[C@@H]1NC(=O)COc2ccc(cc2)C[C@@H](C(=O)N2CCC(O)CC2)NC(=O)[C@H](C)NC(=O)[C@H]2CCCN2C1=O. The summed E-state index contributed by atoms with van der Waals surface area (Å²) in [5.41, 5.74) is 0.763. The quantitative estimate of drug-likeness (QED) is 0.380. The molecule has 224 valence electrons. The maximum Gasteiger partial charge on any atom is 0.258 e. The normalized spacial score (nSPS) is 27.2. The Morgan fingerprint density at radius 1 is 0.951 bits per heavy atom. The minimum absolute atomic E-state index is 0.200. The molecule has 4 heterocycles. The van der Waals surface area contributed by atoms with Crippen molar-refractivity contribution in [1.29, 1.82) is 0 Å². The van der Waals surface area contributed by atoms with Crippen LogP contribution >= 0.6 is 0 Å². The summed E-state index contributed by atoms with van der Waals surface area (Å²) >= 11 is 0. The van der Waals surface area contributed by atoms with Gasteiger partial charge in [0.2, 0.25) is 23.6 Å². The van der Waals surface area contributed by atoms with E-state index in [2.05, 4.69) is 16.0 Å². The molecule has 4 N–H and O–H groups in total. The van der Waals surface area contributed by atoms with Gasteiger partial charge in [-0.1, -0.05) is 26.0 Å². The molecule has 4 aliphatic rings. The van der Waals surface area contributed by atoms with Crippen molar-refractivity contribution in [2.45, 2.75) is 83.1 Å². The van der Waals surface area contributed by atoms with Crippen molar-refractivity contribution >= 4 is 29.5 Å². The van der Waals surface area contributed by atoms with Crippen molar-refractivity contribution in [2.75, 3.05) is 26.2 Å². The van der Waals surface area contributed by atoms with Crippen molar-refractivity contribution in [1.82, 2.24) is 25.8 Å². The van der Waals surface area contributed by atoms with E-state index in [1.165, 1.54) is 4.90 Å². The third kappa shape index (κ3) is 7.55. The van der Waals surface area contributed by atoms with Crippen LogP contribution in [-0.4, -0.2) is 101 Å². The third-order valence-corrected chi connectivity index (χ3v) is 7.96. The highest BCUT2D eigenvalue weighted by molar-refractivity contribution is 5.96.